The highest BCUT2D eigenvalue weighted by molar-refractivity contribution is 5.85. The minimum absolute atomic E-state index is 0.0591. The Bertz CT molecular complexity index is 666. The summed E-state index contributed by atoms with van der Waals surface area (Å²) in [5.41, 5.74) is 0.553. The average Bonchev–Trinajstić information content (AvgIpc) is 2.44. The van der Waals surface area contributed by atoms with Crippen molar-refractivity contribution in [2.75, 3.05) is 0 Å². The number of hydrogen-bond acceptors (Lipinski definition) is 4. The summed E-state index contributed by atoms with van der Waals surface area (Å²) in [6, 6.07) is 7.83. The maximum Gasteiger partial charge on any atom is 0.334 e. The van der Waals surface area contributed by atoms with E-state index >= 15 is 0 Å². The molecular formula is C14H7N3O2. The van der Waals surface area contributed by atoms with Crippen LogP contribution in [0.25, 0.3) is 10.9 Å². The Hall–Kier alpha value is -3.36. The largest absolute Gasteiger partial charge is 0.435 e. The summed E-state index contributed by atoms with van der Waals surface area (Å²) in [5, 5.41) is 17.3. The summed E-state index contributed by atoms with van der Waals surface area (Å²) in [7, 11) is 0. The van der Waals surface area contributed by atoms with E-state index in [1.54, 1.807) is 18.2 Å². The van der Waals surface area contributed by atoms with Gasteiger partial charge in [-0.05, 0) is 17.7 Å². The van der Waals surface area contributed by atoms with E-state index in [-0.39, 0.29) is 17.0 Å². The predicted molar refractivity (Wildman–Crippen MR) is 67.7 cm³/mol. The molecule has 0 unspecified atom stereocenters. The highest BCUT2D eigenvalue weighted by atomic mass is 16.5. The van der Waals surface area contributed by atoms with Gasteiger partial charge in [-0.3, -0.25) is 0 Å². The molecule has 5 nitrogen and oxygen atoms in total. The number of nitrogens with zero attached hydrogens (tertiary/aromatic N) is 3. The summed E-state index contributed by atoms with van der Waals surface area (Å²) in [5.74, 6) is -0.629. The molecular weight excluding hydrogens is 242 g/mol. The van der Waals surface area contributed by atoms with Crippen LogP contribution in [0.3, 0.4) is 0 Å². The lowest BCUT2D eigenvalue weighted by Gasteiger charge is -2.05. The van der Waals surface area contributed by atoms with Gasteiger partial charge in [-0.15, -0.1) is 0 Å². The lowest BCUT2D eigenvalue weighted by Crippen LogP contribution is -2.03. The van der Waals surface area contributed by atoms with Crippen LogP contribution in [-0.2, 0) is 4.79 Å². The number of hydrogen-bond donors (Lipinski definition) is 0. The van der Waals surface area contributed by atoms with Crippen molar-refractivity contribution in [2.24, 2.45) is 0 Å². The van der Waals surface area contributed by atoms with Crippen molar-refractivity contribution < 1.29 is 9.53 Å². The van der Waals surface area contributed by atoms with Crippen LogP contribution < -0.4 is 4.74 Å². The number of ether oxygens (including phenoxy) is 1. The van der Waals surface area contributed by atoms with Crippen LogP contribution in [0.1, 0.15) is 5.56 Å². The minimum atomic E-state index is -0.688. The lowest BCUT2D eigenvalue weighted by atomic mass is 10.1. The summed E-state index contributed by atoms with van der Waals surface area (Å²) in [6.45, 7) is 10.2. The molecule has 1 aromatic rings. The normalized spacial score (nSPS) is 8.26. The first-order chi connectivity index (χ1) is 9.14. The fourth-order valence-electron chi connectivity index (χ4n) is 1.20. The molecule has 0 N–H and O–H groups in total. The maximum absolute atomic E-state index is 11.1. The Kier molecular flexibility index (Phi) is 4.61. The zero-order chi connectivity index (χ0) is 14.3. The van der Waals surface area contributed by atoms with Gasteiger partial charge in [0.15, 0.2) is 0 Å². The van der Waals surface area contributed by atoms with Crippen molar-refractivity contribution in [3.05, 3.63) is 53.4 Å². The average molecular weight is 249 g/mol. The number of carbonyl (C=O) groups is 1. The molecule has 90 valence electrons. The SMILES string of the molecule is [C-]#[N+]c1ccc(C=C(C#N)C#N)cc1OC(=O)C=C. The molecule has 0 heterocycles. The monoisotopic (exact) mass is 249 g/mol. The molecule has 0 bridgehead atoms. The van der Waals surface area contributed by atoms with Crippen LogP contribution >= 0.6 is 0 Å². The van der Waals surface area contributed by atoms with Crippen molar-refractivity contribution >= 4 is 17.7 Å². The third-order valence-corrected chi connectivity index (χ3v) is 2.03. The first-order valence-electron chi connectivity index (χ1n) is 5.02. The summed E-state index contributed by atoms with van der Waals surface area (Å²) < 4.78 is 4.91. The third-order valence-electron chi connectivity index (χ3n) is 2.03. The molecule has 0 fully saturated rings. The highest BCUT2D eigenvalue weighted by Crippen LogP contribution is 2.29. The van der Waals surface area contributed by atoms with Crippen molar-refractivity contribution in [1.82, 2.24) is 0 Å². The molecule has 0 amide bonds. The lowest BCUT2D eigenvalue weighted by molar-refractivity contribution is -0.128. The first-order valence-corrected chi connectivity index (χ1v) is 5.02. The van der Waals surface area contributed by atoms with Gasteiger partial charge in [0.05, 0.1) is 6.57 Å². The fourth-order valence-corrected chi connectivity index (χ4v) is 1.20. The number of nitriles is 2. The third kappa shape index (κ3) is 3.56. The second-order valence-electron chi connectivity index (χ2n) is 3.25. The molecule has 0 atom stereocenters. The molecule has 1 rings (SSSR count). The van der Waals surface area contributed by atoms with Gasteiger partial charge in [-0.25, -0.2) is 9.64 Å². The van der Waals surface area contributed by atoms with Crippen LogP contribution in [0.2, 0.25) is 0 Å². The van der Waals surface area contributed by atoms with Crippen LogP contribution in [0.5, 0.6) is 5.75 Å². The number of carbonyl (C=O) groups excluding carboxylic acids is 1. The molecule has 19 heavy (non-hydrogen) atoms. The van der Waals surface area contributed by atoms with E-state index < -0.39 is 5.97 Å². The van der Waals surface area contributed by atoms with Crippen LogP contribution in [0.15, 0.2) is 36.4 Å². The molecule has 0 aliphatic rings. The second-order valence-corrected chi connectivity index (χ2v) is 3.25. The Morgan fingerprint density at radius 2 is 2.11 bits per heavy atom. The van der Waals surface area contributed by atoms with Gasteiger partial charge < -0.3 is 4.74 Å². The molecule has 0 aliphatic heterocycles. The van der Waals surface area contributed by atoms with E-state index in [4.69, 9.17) is 21.8 Å². The zero-order valence-electron chi connectivity index (χ0n) is 9.75. The standard InChI is InChI=1S/C14H7N3O2/c1-3-14(18)19-13-7-10(4-5-12(13)17-2)6-11(8-15)9-16/h3-7H,1H2. The zero-order valence-corrected chi connectivity index (χ0v) is 9.75. The van der Waals surface area contributed by atoms with Gasteiger partial charge in [-0.1, -0.05) is 18.7 Å². The van der Waals surface area contributed by atoms with Gasteiger partial charge >= 0.3 is 5.97 Å². The Labute approximate surface area is 110 Å². The van der Waals surface area contributed by atoms with E-state index in [0.29, 0.717) is 5.56 Å². The van der Waals surface area contributed by atoms with E-state index in [9.17, 15) is 4.79 Å². The van der Waals surface area contributed by atoms with Gasteiger partial charge in [0.25, 0.3) is 0 Å². The molecule has 0 radical (unpaired) electrons. The quantitative estimate of drug-likeness (QED) is 0.271. The Balaban J connectivity index is 3.24. The Morgan fingerprint density at radius 1 is 1.42 bits per heavy atom. The molecule has 1 aromatic carbocycles. The van der Waals surface area contributed by atoms with Crippen LogP contribution in [0.4, 0.5) is 5.69 Å². The first kappa shape index (κ1) is 13.7. The fraction of sp³-hybridized carbons (Fsp3) is 0. The van der Waals surface area contributed by atoms with Crippen LogP contribution in [0, 0.1) is 29.2 Å². The second kappa shape index (κ2) is 6.39. The number of esters is 1. The van der Waals surface area contributed by atoms with Crippen molar-refractivity contribution in [3.8, 4) is 17.9 Å². The molecule has 0 saturated carbocycles. The van der Waals surface area contributed by atoms with E-state index in [2.05, 4.69) is 11.4 Å². The topological polar surface area (TPSA) is 78.2 Å². The predicted octanol–water partition coefficient (Wildman–Crippen LogP) is 2.76. The molecule has 0 saturated heterocycles. The summed E-state index contributed by atoms with van der Waals surface area (Å²) >= 11 is 0. The summed E-state index contributed by atoms with van der Waals surface area (Å²) in [6.07, 6.45) is 2.31. The van der Waals surface area contributed by atoms with E-state index in [1.807, 2.05) is 0 Å². The van der Waals surface area contributed by atoms with Crippen LogP contribution in [-0.4, -0.2) is 5.97 Å². The Morgan fingerprint density at radius 3 is 2.63 bits per heavy atom. The van der Waals surface area contributed by atoms with E-state index in [1.165, 1.54) is 18.2 Å². The van der Waals surface area contributed by atoms with Gasteiger partial charge in [-0.2, -0.15) is 10.5 Å². The van der Waals surface area contributed by atoms with Gasteiger partial charge in [0.1, 0.15) is 23.5 Å². The van der Waals surface area contributed by atoms with Gasteiger partial charge in [0, 0.05) is 6.08 Å². The van der Waals surface area contributed by atoms with Gasteiger partial charge in [0.2, 0.25) is 5.69 Å². The highest BCUT2D eigenvalue weighted by Gasteiger charge is 2.08. The number of benzene rings is 1. The number of rotatable bonds is 3. The van der Waals surface area contributed by atoms with Crippen molar-refractivity contribution in [1.29, 1.82) is 10.5 Å². The molecule has 0 aliphatic carbocycles. The molecule has 5 heteroatoms. The van der Waals surface area contributed by atoms with E-state index in [0.717, 1.165) is 6.08 Å². The smallest absolute Gasteiger partial charge is 0.334 e. The van der Waals surface area contributed by atoms with Crippen molar-refractivity contribution in [2.45, 2.75) is 0 Å². The molecule has 0 spiro atoms. The van der Waals surface area contributed by atoms with Crippen molar-refractivity contribution in [3.63, 3.8) is 0 Å². The minimum Gasteiger partial charge on any atom is -0.435 e. The number of allylic oxidation sites excluding steroid dienone is 1. The summed E-state index contributed by atoms with van der Waals surface area (Å²) in [4.78, 5) is 14.3. The molecule has 0 aromatic heterocycles. The maximum atomic E-state index is 11.1.